The fraction of sp³-hybridized carbons (Fsp3) is 0.300. The Labute approximate surface area is 161 Å². The minimum atomic E-state index is -0.114. The molecule has 0 radical (unpaired) electrons. The van der Waals surface area contributed by atoms with Gasteiger partial charge in [0.15, 0.2) is 0 Å². The number of hydrogen-bond acceptors (Lipinski definition) is 3. The molecular weight excluding hydrogens is 368 g/mol. The molecule has 2 amide bonds. The molecule has 3 heterocycles. The number of amides is 2. The zero-order valence-corrected chi connectivity index (χ0v) is 16.0. The lowest BCUT2D eigenvalue weighted by Gasteiger charge is -2.44. The maximum Gasteiger partial charge on any atom is 0.250 e. The van der Waals surface area contributed by atoms with Gasteiger partial charge in [0.25, 0.3) is 0 Å². The first-order chi connectivity index (χ1) is 12.5. The van der Waals surface area contributed by atoms with Gasteiger partial charge in [-0.25, -0.2) is 0 Å². The van der Waals surface area contributed by atoms with E-state index in [2.05, 4.69) is 0 Å². The van der Waals surface area contributed by atoms with Gasteiger partial charge < -0.3 is 9.80 Å². The third-order valence-electron chi connectivity index (χ3n) is 5.03. The van der Waals surface area contributed by atoms with E-state index in [1.165, 1.54) is 5.56 Å². The van der Waals surface area contributed by atoms with Gasteiger partial charge in [-0.3, -0.25) is 9.59 Å². The van der Waals surface area contributed by atoms with Crippen molar-refractivity contribution in [1.82, 2.24) is 9.80 Å². The van der Waals surface area contributed by atoms with E-state index in [4.69, 9.17) is 11.6 Å². The van der Waals surface area contributed by atoms with Gasteiger partial charge in [0, 0.05) is 28.6 Å². The zero-order valence-electron chi connectivity index (χ0n) is 14.4. The summed E-state index contributed by atoms with van der Waals surface area (Å²) in [4.78, 5) is 30.1. The Morgan fingerprint density at radius 3 is 2.96 bits per heavy atom. The second-order valence-corrected chi connectivity index (χ2v) is 8.14. The van der Waals surface area contributed by atoms with Crippen LogP contribution in [0.5, 0.6) is 0 Å². The molecule has 1 saturated heterocycles. The van der Waals surface area contributed by atoms with Gasteiger partial charge in [-0.15, -0.1) is 11.3 Å². The molecule has 26 heavy (non-hydrogen) atoms. The molecule has 1 unspecified atom stereocenters. The van der Waals surface area contributed by atoms with E-state index in [-0.39, 0.29) is 24.4 Å². The van der Waals surface area contributed by atoms with Gasteiger partial charge in [0.1, 0.15) is 6.54 Å². The summed E-state index contributed by atoms with van der Waals surface area (Å²) in [6.45, 7) is 3.16. The fourth-order valence-electron chi connectivity index (χ4n) is 3.74. The van der Waals surface area contributed by atoms with Gasteiger partial charge >= 0.3 is 0 Å². The van der Waals surface area contributed by atoms with Crippen molar-refractivity contribution in [3.8, 4) is 0 Å². The number of nitrogens with zero attached hydrogens (tertiary/aromatic N) is 2. The predicted molar refractivity (Wildman–Crippen MR) is 104 cm³/mol. The largest absolute Gasteiger partial charge is 0.332 e. The Bertz CT molecular complexity index is 891. The summed E-state index contributed by atoms with van der Waals surface area (Å²) >= 11 is 7.77. The van der Waals surface area contributed by atoms with Crippen molar-refractivity contribution in [1.29, 1.82) is 0 Å². The van der Waals surface area contributed by atoms with Crippen molar-refractivity contribution in [3.05, 3.63) is 62.3 Å². The van der Waals surface area contributed by atoms with Gasteiger partial charge in [-0.1, -0.05) is 23.7 Å². The molecular formula is C20H19ClN2O2S. The van der Waals surface area contributed by atoms with Gasteiger partial charge in [0.05, 0.1) is 6.04 Å². The quantitative estimate of drug-likeness (QED) is 0.737. The van der Waals surface area contributed by atoms with Crippen molar-refractivity contribution in [2.75, 3.05) is 19.6 Å². The normalized spacial score (nSPS) is 20.0. The summed E-state index contributed by atoms with van der Waals surface area (Å²) in [7, 11) is 0. The van der Waals surface area contributed by atoms with Crippen LogP contribution in [0.15, 0.2) is 41.3 Å². The predicted octanol–water partition coefficient (Wildman–Crippen LogP) is 3.77. The molecule has 2 aliphatic heterocycles. The number of halogens is 1. The second kappa shape index (κ2) is 6.89. The van der Waals surface area contributed by atoms with E-state index in [0.29, 0.717) is 23.7 Å². The number of benzene rings is 1. The van der Waals surface area contributed by atoms with Crippen molar-refractivity contribution in [3.63, 3.8) is 0 Å². The lowest BCUT2D eigenvalue weighted by molar-refractivity contribution is -0.147. The molecule has 1 aromatic heterocycles. The zero-order chi connectivity index (χ0) is 18.3. The van der Waals surface area contributed by atoms with Gasteiger partial charge in [-0.2, -0.15) is 0 Å². The summed E-state index contributed by atoms with van der Waals surface area (Å²) < 4.78 is 0. The number of carbonyl (C=O) groups is 2. The van der Waals surface area contributed by atoms with Crippen molar-refractivity contribution >= 4 is 40.8 Å². The highest BCUT2D eigenvalue weighted by Gasteiger charge is 2.38. The molecule has 2 aromatic rings. The molecule has 0 N–H and O–H groups in total. The second-order valence-electron chi connectivity index (χ2n) is 6.72. The van der Waals surface area contributed by atoms with Crippen LogP contribution in [0.2, 0.25) is 5.02 Å². The van der Waals surface area contributed by atoms with E-state index in [0.717, 1.165) is 16.9 Å². The van der Waals surface area contributed by atoms with Crippen LogP contribution < -0.4 is 0 Å². The molecule has 2 aliphatic rings. The van der Waals surface area contributed by atoms with Crippen molar-refractivity contribution < 1.29 is 9.59 Å². The highest BCUT2D eigenvalue weighted by Crippen LogP contribution is 2.35. The third-order valence-corrected chi connectivity index (χ3v) is 6.09. The van der Waals surface area contributed by atoms with Gasteiger partial charge in [0.2, 0.25) is 11.8 Å². The highest BCUT2D eigenvalue weighted by atomic mass is 35.5. The Hall–Kier alpha value is -2.11. The number of thiophene rings is 1. The summed E-state index contributed by atoms with van der Waals surface area (Å²) in [6, 6.07) is 9.67. The van der Waals surface area contributed by atoms with Crippen LogP contribution in [0.1, 0.15) is 29.0 Å². The molecule has 0 spiro atoms. The Morgan fingerprint density at radius 1 is 1.35 bits per heavy atom. The van der Waals surface area contributed by atoms with Crippen LogP contribution in [-0.2, 0) is 16.0 Å². The molecule has 0 aliphatic carbocycles. The minimum absolute atomic E-state index is 0.00384. The average molecular weight is 387 g/mol. The summed E-state index contributed by atoms with van der Waals surface area (Å²) in [5, 5.41) is 2.64. The summed E-state index contributed by atoms with van der Waals surface area (Å²) in [6.07, 6.45) is 2.72. The van der Waals surface area contributed by atoms with Crippen LogP contribution in [-0.4, -0.2) is 41.2 Å². The van der Waals surface area contributed by atoms with Crippen LogP contribution >= 0.6 is 22.9 Å². The number of fused-ring (bicyclic) bond motifs is 3. The average Bonchev–Trinajstić information content (AvgIpc) is 3.13. The molecule has 6 heteroatoms. The standard InChI is InChI=1S/C20H19ClN2O2S/c1-13(9-16-3-2-8-26-16)20(25)22-11-18-17-10-15(21)5-4-14(17)6-7-23(18)19(24)12-22/h2-5,8-10,18H,6-7,11-12H2,1H3/b13-9+. The SMILES string of the molecule is C/C(=C\c1cccs1)C(=O)N1CC(=O)N2CCc3ccc(Cl)cc3C2C1. The molecule has 4 nitrogen and oxygen atoms in total. The van der Waals surface area contributed by atoms with Crippen molar-refractivity contribution in [2.45, 2.75) is 19.4 Å². The van der Waals surface area contributed by atoms with Crippen molar-refractivity contribution in [2.24, 2.45) is 0 Å². The monoisotopic (exact) mass is 386 g/mol. The molecule has 1 atom stereocenters. The van der Waals surface area contributed by atoms with Gasteiger partial charge in [-0.05, 0) is 54.1 Å². The van der Waals surface area contributed by atoms with E-state index < -0.39 is 0 Å². The third kappa shape index (κ3) is 3.17. The minimum Gasteiger partial charge on any atom is -0.332 e. The molecule has 134 valence electrons. The maximum absolute atomic E-state index is 12.9. The molecule has 0 bridgehead atoms. The topological polar surface area (TPSA) is 40.6 Å². The van der Waals surface area contributed by atoms with Crippen LogP contribution in [0.25, 0.3) is 6.08 Å². The molecule has 1 aromatic carbocycles. The maximum atomic E-state index is 12.9. The first-order valence-electron chi connectivity index (χ1n) is 8.62. The first-order valence-corrected chi connectivity index (χ1v) is 9.87. The Kier molecular flexibility index (Phi) is 4.59. The highest BCUT2D eigenvalue weighted by molar-refractivity contribution is 7.10. The molecule has 4 rings (SSSR count). The van der Waals surface area contributed by atoms with Crippen LogP contribution in [0, 0.1) is 0 Å². The Balaban J connectivity index is 1.61. The summed E-state index contributed by atoms with van der Waals surface area (Å²) in [5.41, 5.74) is 2.92. The lowest BCUT2D eigenvalue weighted by Crippen LogP contribution is -2.55. The number of piperazine rings is 1. The Morgan fingerprint density at radius 2 is 2.19 bits per heavy atom. The first kappa shape index (κ1) is 17.3. The molecule has 0 saturated carbocycles. The fourth-order valence-corrected chi connectivity index (χ4v) is 4.64. The van der Waals surface area contributed by atoms with E-state index in [1.807, 2.05) is 53.6 Å². The number of hydrogen-bond donors (Lipinski definition) is 0. The molecule has 1 fully saturated rings. The van der Waals surface area contributed by atoms with Crippen LogP contribution in [0.3, 0.4) is 0 Å². The summed E-state index contributed by atoms with van der Waals surface area (Å²) in [5.74, 6) is -0.0790. The van der Waals surface area contributed by atoms with E-state index in [1.54, 1.807) is 16.2 Å². The smallest absolute Gasteiger partial charge is 0.250 e. The lowest BCUT2D eigenvalue weighted by atomic mass is 9.90. The van der Waals surface area contributed by atoms with E-state index >= 15 is 0 Å². The van der Waals surface area contributed by atoms with Crippen LogP contribution in [0.4, 0.5) is 0 Å². The number of rotatable bonds is 2. The number of carbonyl (C=O) groups excluding carboxylic acids is 2. The van der Waals surface area contributed by atoms with E-state index in [9.17, 15) is 9.59 Å².